The van der Waals surface area contributed by atoms with E-state index in [1.54, 1.807) is 13.2 Å². The number of hydrogen-bond donors (Lipinski definition) is 0. The Labute approximate surface area is 49.9 Å². The zero-order valence-electron chi connectivity index (χ0n) is 5.13. The Kier molecular flexibility index (Phi) is 4.17. The molecule has 0 radical (unpaired) electrons. The predicted octanol–water partition coefficient (Wildman–Crippen LogP) is 0.888. The maximum atomic E-state index is 4.89. The van der Waals surface area contributed by atoms with Crippen molar-refractivity contribution in [3.8, 4) is 0 Å². The van der Waals surface area contributed by atoms with Gasteiger partial charge in [-0.3, -0.25) is 4.99 Å². The van der Waals surface area contributed by atoms with Crippen LogP contribution in [0.25, 0.3) is 0 Å². The molecule has 0 bridgehead atoms. The molecular formula is C6H11NO. The molecule has 0 saturated carbocycles. The molecule has 46 valence electrons. The molecule has 0 aliphatic carbocycles. The number of methoxy groups -OCH3 is 1. The fourth-order valence-electron chi connectivity index (χ4n) is 0.373. The van der Waals surface area contributed by atoms with Crippen LogP contribution in [0.5, 0.6) is 0 Å². The Morgan fingerprint density at radius 2 is 2.50 bits per heavy atom. The first-order valence-electron chi connectivity index (χ1n) is 2.43. The van der Waals surface area contributed by atoms with Gasteiger partial charge in [0.05, 0.1) is 12.6 Å². The van der Waals surface area contributed by atoms with Gasteiger partial charge in [0.2, 0.25) is 0 Å². The molecular weight excluding hydrogens is 102 g/mol. The Morgan fingerprint density at radius 1 is 1.88 bits per heavy atom. The lowest BCUT2D eigenvalue weighted by Gasteiger charge is -2.03. The minimum Gasteiger partial charge on any atom is -0.375 e. The van der Waals surface area contributed by atoms with Gasteiger partial charge < -0.3 is 4.74 Å². The van der Waals surface area contributed by atoms with E-state index in [0.29, 0.717) is 6.54 Å². The normalized spacial score (nSPS) is 12.6. The van der Waals surface area contributed by atoms with Crippen molar-refractivity contribution in [2.45, 2.75) is 6.10 Å². The Morgan fingerprint density at radius 3 is 2.62 bits per heavy atom. The van der Waals surface area contributed by atoms with E-state index < -0.39 is 0 Å². The van der Waals surface area contributed by atoms with Crippen LogP contribution in [0.4, 0.5) is 0 Å². The number of rotatable bonds is 4. The Hall–Kier alpha value is -0.630. The second-order valence-corrected chi connectivity index (χ2v) is 1.42. The molecule has 0 aromatic rings. The number of aliphatic imine (C=N–C) groups is 1. The van der Waals surface area contributed by atoms with Crippen LogP contribution in [0.3, 0.4) is 0 Å². The van der Waals surface area contributed by atoms with Crippen molar-refractivity contribution < 1.29 is 4.74 Å². The van der Waals surface area contributed by atoms with Crippen LogP contribution >= 0.6 is 0 Å². The monoisotopic (exact) mass is 113 g/mol. The van der Waals surface area contributed by atoms with E-state index in [4.69, 9.17) is 4.74 Å². The van der Waals surface area contributed by atoms with Gasteiger partial charge in [0, 0.05) is 7.11 Å². The van der Waals surface area contributed by atoms with Gasteiger partial charge in [-0.05, 0) is 6.72 Å². The van der Waals surface area contributed by atoms with E-state index in [1.165, 1.54) is 0 Å². The molecule has 0 N–H and O–H groups in total. The van der Waals surface area contributed by atoms with Crippen molar-refractivity contribution >= 4 is 6.72 Å². The van der Waals surface area contributed by atoms with Crippen molar-refractivity contribution in [2.24, 2.45) is 4.99 Å². The highest BCUT2D eigenvalue weighted by atomic mass is 16.5. The van der Waals surface area contributed by atoms with Crippen LogP contribution in [0.1, 0.15) is 0 Å². The first-order chi connectivity index (χ1) is 3.85. The summed E-state index contributed by atoms with van der Waals surface area (Å²) >= 11 is 0. The largest absolute Gasteiger partial charge is 0.375 e. The molecule has 0 aliphatic heterocycles. The summed E-state index contributed by atoms with van der Waals surface area (Å²) in [4.78, 5) is 3.63. The summed E-state index contributed by atoms with van der Waals surface area (Å²) in [5.74, 6) is 0. The maximum absolute atomic E-state index is 4.89. The van der Waals surface area contributed by atoms with Crippen LogP contribution in [0.15, 0.2) is 17.6 Å². The quantitative estimate of drug-likeness (QED) is 0.392. The van der Waals surface area contributed by atoms with Gasteiger partial charge in [-0.25, -0.2) is 0 Å². The van der Waals surface area contributed by atoms with E-state index in [9.17, 15) is 0 Å². The van der Waals surface area contributed by atoms with Crippen molar-refractivity contribution in [3.05, 3.63) is 12.7 Å². The van der Waals surface area contributed by atoms with E-state index in [-0.39, 0.29) is 6.10 Å². The van der Waals surface area contributed by atoms with Crippen LogP contribution in [-0.4, -0.2) is 26.5 Å². The fraction of sp³-hybridized carbons (Fsp3) is 0.500. The summed E-state index contributed by atoms with van der Waals surface area (Å²) in [5.41, 5.74) is 0. The van der Waals surface area contributed by atoms with Gasteiger partial charge >= 0.3 is 0 Å². The van der Waals surface area contributed by atoms with Crippen molar-refractivity contribution in [1.29, 1.82) is 0 Å². The average molecular weight is 113 g/mol. The molecule has 1 atom stereocenters. The molecule has 8 heavy (non-hydrogen) atoms. The van der Waals surface area contributed by atoms with Crippen LogP contribution in [0.2, 0.25) is 0 Å². The predicted molar refractivity (Wildman–Crippen MR) is 35.4 cm³/mol. The molecule has 0 amide bonds. The SMILES string of the molecule is C=CC(CN=C)OC. The van der Waals surface area contributed by atoms with Crippen LogP contribution in [-0.2, 0) is 4.74 Å². The van der Waals surface area contributed by atoms with Gasteiger partial charge in [-0.2, -0.15) is 0 Å². The molecule has 1 unspecified atom stereocenters. The molecule has 0 saturated heterocycles. The highest BCUT2D eigenvalue weighted by Gasteiger charge is 1.95. The topological polar surface area (TPSA) is 21.6 Å². The van der Waals surface area contributed by atoms with E-state index in [1.807, 2.05) is 0 Å². The number of ether oxygens (including phenoxy) is 1. The van der Waals surface area contributed by atoms with Gasteiger partial charge in [0.25, 0.3) is 0 Å². The summed E-state index contributed by atoms with van der Waals surface area (Å²) < 4.78 is 4.89. The number of nitrogens with zero attached hydrogens (tertiary/aromatic N) is 1. The Balaban J connectivity index is 3.35. The third-order valence-corrected chi connectivity index (χ3v) is 0.875. The van der Waals surface area contributed by atoms with Crippen molar-refractivity contribution in [1.82, 2.24) is 0 Å². The summed E-state index contributed by atoms with van der Waals surface area (Å²) in [6, 6.07) is 0. The Bertz CT molecular complexity index is 80.6. The smallest absolute Gasteiger partial charge is 0.0944 e. The number of hydrogen-bond acceptors (Lipinski definition) is 2. The standard InChI is InChI=1S/C6H11NO/c1-4-6(8-3)5-7-2/h4,6H,1-2,5H2,3H3. The molecule has 0 heterocycles. The highest BCUT2D eigenvalue weighted by Crippen LogP contribution is 1.89. The first kappa shape index (κ1) is 7.37. The summed E-state index contributed by atoms with van der Waals surface area (Å²) in [6.45, 7) is 7.45. The first-order valence-corrected chi connectivity index (χ1v) is 2.43. The van der Waals surface area contributed by atoms with Gasteiger partial charge in [0.15, 0.2) is 0 Å². The maximum Gasteiger partial charge on any atom is 0.0944 e. The minimum absolute atomic E-state index is 0.0347. The molecule has 0 fully saturated rings. The molecule has 0 aliphatic rings. The third kappa shape index (κ3) is 2.53. The second kappa shape index (κ2) is 4.53. The molecule has 0 aromatic carbocycles. The van der Waals surface area contributed by atoms with E-state index in [2.05, 4.69) is 18.3 Å². The van der Waals surface area contributed by atoms with Gasteiger partial charge in [0.1, 0.15) is 0 Å². The van der Waals surface area contributed by atoms with Crippen molar-refractivity contribution in [3.63, 3.8) is 0 Å². The molecule has 0 spiro atoms. The summed E-state index contributed by atoms with van der Waals surface area (Å²) in [6.07, 6.45) is 1.74. The molecule has 0 aromatic heterocycles. The van der Waals surface area contributed by atoms with Crippen LogP contribution in [0, 0.1) is 0 Å². The second-order valence-electron chi connectivity index (χ2n) is 1.42. The highest BCUT2D eigenvalue weighted by molar-refractivity contribution is 5.23. The fourth-order valence-corrected chi connectivity index (χ4v) is 0.373. The van der Waals surface area contributed by atoms with Crippen molar-refractivity contribution in [2.75, 3.05) is 13.7 Å². The summed E-state index contributed by atoms with van der Waals surface area (Å²) in [5, 5.41) is 0. The zero-order valence-corrected chi connectivity index (χ0v) is 5.13. The average Bonchev–Trinajstić information content (AvgIpc) is 1.83. The molecule has 0 rings (SSSR count). The summed E-state index contributed by atoms with van der Waals surface area (Å²) in [7, 11) is 1.62. The van der Waals surface area contributed by atoms with E-state index in [0.717, 1.165) is 0 Å². The lowest BCUT2D eigenvalue weighted by Crippen LogP contribution is -2.09. The van der Waals surface area contributed by atoms with Gasteiger partial charge in [-0.1, -0.05) is 6.08 Å². The molecule has 2 nitrogen and oxygen atoms in total. The van der Waals surface area contributed by atoms with E-state index >= 15 is 0 Å². The third-order valence-electron chi connectivity index (χ3n) is 0.875. The van der Waals surface area contributed by atoms with Gasteiger partial charge in [-0.15, -0.1) is 6.58 Å². The van der Waals surface area contributed by atoms with Crippen LogP contribution < -0.4 is 0 Å². The zero-order chi connectivity index (χ0) is 6.41. The minimum atomic E-state index is 0.0347. The lowest BCUT2D eigenvalue weighted by atomic mass is 10.3. The lowest BCUT2D eigenvalue weighted by molar-refractivity contribution is 0.148. The molecule has 2 heteroatoms.